The van der Waals surface area contributed by atoms with Gasteiger partial charge in [-0.3, -0.25) is 14.4 Å². The van der Waals surface area contributed by atoms with Crippen molar-refractivity contribution in [3.8, 4) is 5.75 Å². The van der Waals surface area contributed by atoms with E-state index in [0.717, 1.165) is 48.1 Å². The van der Waals surface area contributed by atoms with E-state index in [1.54, 1.807) is 0 Å². The lowest BCUT2D eigenvalue weighted by atomic mass is 9.93. The first-order valence-electron chi connectivity index (χ1n) is 16.7. The third-order valence-corrected chi connectivity index (χ3v) is 9.16. The molecular weight excluding hydrogens is 592 g/mol. The van der Waals surface area contributed by atoms with Crippen molar-refractivity contribution in [2.75, 3.05) is 13.2 Å². The van der Waals surface area contributed by atoms with Crippen molar-refractivity contribution in [2.45, 2.75) is 76.0 Å². The third-order valence-electron chi connectivity index (χ3n) is 9.16. The largest absolute Gasteiger partial charge is 0.489 e. The predicted octanol–water partition coefficient (Wildman–Crippen LogP) is 5.47. The van der Waals surface area contributed by atoms with Crippen molar-refractivity contribution in [3.63, 3.8) is 0 Å². The van der Waals surface area contributed by atoms with Gasteiger partial charge in [0.25, 0.3) is 0 Å². The van der Waals surface area contributed by atoms with E-state index in [2.05, 4.69) is 10.6 Å². The second-order valence-electron chi connectivity index (χ2n) is 12.9. The smallest absolute Gasteiger partial charge is 0.309 e. The molecule has 3 unspecified atom stereocenters. The van der Waals surface area contributed by atoms with Crippen LogP contribution in [0.4, 0.5) is 0 Å². The Balaban J connectivity index is 1.29. The summed E-state index contributed by atoms with van der Waals surface area (Å²) in [4.78, 5) is 40.2. The molecule has 0 saturated heterocycles. The zero-order valence-electron chi connectivity index (χ0n) is 26.9. The number of amides is 2. The van der Waals surface area contributed by atoms with Crippen LogP contribution in [0.5, 0.6) is 5.75 Å². The molecular formula is C39H46N2O6. The molecule has 0 radical (unpaired) electrons. The van der Waals surface area contributed by atoms with Crippen LogP contribution in [0.2, 0.25) is 0 Å². The van der Waals surface area contributed by atoms with Crippen LogP contribution < -0.4 is 15.4 Å². The van der Waals surface area contributed by atoms with Gasteiger partial charge in [-0.15, -0.1) is 0 Å². The minimum atomic E-state index is -0.609. The fourth-order valence-corrected chi connectivity index (χ4v) is 6.43. The Morgan fingerprint density at radius 3 is 2.11 bits per heavy atom. The summed E-state index contributed by atoms with van der Waals surface area (Å²) < 4.78 is 11.8. The van der Waals surface area contributed by atoms with Gasteiger partial charge in [-0.2, -0.15) is 0 Å². The van der Waals surface area contributed by atoms with Gasteiger partial charge in [0.2, 0.25) is 11.8 Å². The zero-order chi connectivity index (χ0) is 32.9. The molecule has 1 heterocycles. The number of ether oxygens (including phenoxy) is 2. The summed E-state index contributed by atoms with van der Waals surface area (Å²) in [5, 5.41) is 16.1. The van der Waals surface area contributed by atoms with Gasteiger partial charge in [-0.05, 0) is 67.3 Å². The van der Waals surface area contributed by atoms with Gasteiger partial charge in [0.1, 0.15) is 19.0 Å². The van der Waals surface area contributed by atoms with Gasteiger partial charge in [-0.1, -0.05) is 97.8 Å². The maximum atomic E-state index is 13.7. The van der Waals surface area contributed by atoms with E-state index in [1.165, 1.54) is 0 Å². The van der Waals surface area contributed by atoms with Crippen molar-refractivity contribution in [1.82, 2.24) is 10.6 Å². The molecule has 47 heavy (non-hydrogen) atoms. The Morgan fingerprint density at radius 2 is 1.45 bits per heavy atom. The number of esters is 1. The molecule has 1 fully saturated rings. The van der Waals surface area contributed by atoms with Crippen molar-refractivity contribution in [3.05, 3.63) is 114 Å². The number of carbonyl (C=O) groups is 3. The second kappa shape index (κ2) is 16.9. The Hall–Kier alpha value is -4.43. The Bertz CT molecular complexity index is 1470. The van der Waals surface area contributed by atoms with Gasteiger partial charge in [0.15, 0.2) is 0 Å². The summed E-state index contributed by atoms with van der Waals surface area (Å²) in [6.07, 6.45) is 9.00. The second-order valence-corrected chi connectivity index (χ2v) is 12.9. The van der Waals surface area contributed by atoms with Gasteiger partial charge in [0.05, 0.1) is 30.0 Å². The van der Waals surface area contributed by atoms with Crippen LogP contribution in [-0.4, -0.2) is 47.7 Å². The molecule has 2 aliphatic rings. The maximum absolute atomic E-state index is 13.7. The molecule has 0 aromatic heterocycles. The molecule has 1 aliphatic carbocycles. The van der Waals surface area contributed by atoms with Crippen LogP contribution in [-0.2, 0) is 38.6 Å². The van der Waals surface area contributed by atoms with Gasteiger partial charge in [0, 0.05) is 6.42 Å². The molecule has 1 aliphatic heterocycles. The molecule has 2 amide bonds. The lowest BCUT2D eigenvalue weighted by Crippen LogP contribution is -2.50. The lowest BCUT2D eigenvalue weighted by molar-refractivity contribution is -0.150. The molecule has 0 bridgehead atoms. The van der Waals surface area contributed by atoms with Crippen LogP contribution in [0.1, 0.15) is 61.6 Å². The van der Waals surface area contributed by atoms with Crippen LogP contribution >= 0.6 is 0 Å². The van der Waals surface area contributed by atoms with Crippen LogP contribution in [0.15, 0.2) is 97.1 Å². The highest BCUT2D eigenvalue weighted by molar-refractivity contribution is 5.86. The minimum Gasteiger partial charge on any atom is -0.489 e. The highest BCUT2D eigenvalue weighted by Gasteiger charge is 2.36. The SMILES string of the molecule is O=C(CC1CC=CCC(Cc2ccccc2)C(=O)OCC(Cc2ccc(OCc3ccccc3)cc2)NC1=O)NC1(CO)CCCC1. The molecule has 3 aromatic carbocycles. The summed E-state index contributed by atoms with van der Waals surface area (Å²) in [5.41, 5.74) is 2.47. The zero-order valence-corrected chi connectivity index (χ0v) is 26.9. The number of hydrogen-bond donors (Lipinski definition) is 3. The summed E-state index contributed by atoms with van der Waals surface area (Å²) in [5.74, 6) is -1.06. The molecule has 248 valence electrons. The third kappa shape index (κ3) is 10.3. The highest BCUT2D eigenvalue weighted by Crippen LogP contribution is 2.29. The number of benzene rings is 3. The number of carbonyl (C=O) groups excluding carboxylic acids is 3. The normalized spacial score (nSPS) is 21.5. The summed E-state index contributed by atoms with van der Waals surface area (Å²) in [7, 11) is 0. The number of aliphatic hydroxyl groups is 1. The number of cyclic esters (lactones) is 1. The van der Waals surface area contributed by atoms with Gasteiger partial charge >= 0.3 is 5.97 Å². The Morgan fingerprint density at radius 1 is 0.830 bits per heavy atom. The summed E-state index contributed by atoms with van der Waals surface area (Å²) >= 11 is 0. The fourth-order valence-electron chi connectivity index (χ4n) is 6.43. The van der Waals surface area contributed by atoms with Gasteiger partial charge in [-0.25, -0.2) is 0 Å². The molecule has 0 spiro atoms. The molecule has 8 heteroatoms. The van der Waals surface area contributed by atoms with E-state index in [0.29, 0.717) is 32.3 Å². The lowest BCUT2D eigenvalue weighted by Gasteiger charge is -2.29. The Kier molecular flexibility index (Phi) is 12.2. The van der Waals surface area contributed by atoms with Crippen molar-refractivity contribution >= 4 is 17.8 Å². The van der Waals surface area contributed by atoms with E-state index in [1.807, 2.05) is 97.1 Å². The molecule has 3 aromatic rings. The first-order chi connectivity index (χ1) is 22.9. The number of allylic oxidation sites excluding steroid dienone is 2. The van der Waals surface area contributed by atoms with E-state index in [-0.39, 0.29) is 43.3 Å². The van der Waals surface area contributed by atoms with Crippen LogP contribution in [0.25, 0.3) is 0 Å². The first kappa shape index (κ1) is 33.9. The minimum absolute atomic E-state index is 0.00528. The molecule has 1 saturated carbocycles. The van der Waals surface area contributed by atoms with E-state index in [9.17, 15) is 19.5 Å². The van der Waals surface area contributed by atoms with Crippen molar-refractivity contribution in [1.29, 1.82) is 0 Å². The average Bonchev–Trinajstić information content (AvgIpc) is 3.56. The van der Waals surface area contributed by atoms with Gasteiger partial charge < -0.3 is 25.2 Å². The molecule has 5 rings (SSSR count). The predicted molar refractivity (Wildman–Crippen MR) is 180 cm³/mol. The number of nitrogens with one attached hydrogen (secondary N) is 2. The highest BCUT2D eigenvalue weighted by atomic mass is 16.5. The number of rotatable bonds is 11. The number of hydrogen-bond acceptors (Lipinski definition) is 6. The Labute approximate surface area is 277 Å². The van der Waals surface area contributed by atoms with Crippen LogP contribution in [0, 0.1) is 11.8 Å². The molecule has 8 nitrogen and oxygen atoms in total. The van der Waals surface area contributed by atoms with Crippen molar-refractivity contribution in [2.24, 2.45) is 11.8 Å². The molecule has 3 atom stereocenters. The van der Waals surface area contributed by atoms with Crippen LogP contribution in [0.3, 0.4) is 0 Å². The monoisotopic (exact) mass is 638 g/mol. The number of aliphatic hydroxyl groups excluding tert-OH is 1. The van der Waals surface area contributed by atoms with E-state index < -0.39 is 17.5 Å². The average molecular weight is 639 g/mol. The quantitative estimate of drug-likeness (QED) is 0.190. The standard InChI is InChI=1S/C39H46N2O6/c42-28-39(21-9-10-22-39)41-36(43)25-32-15-7-8-16-33(23-29-11-3-1-4-12-29)38(45)47-27-34(40-37(32)44)24-30-17-19-35(20-18-30)46-26-31-13-5-2-6-14-31/h1-8,11-14,17-20,32-34,42H,9-10,15-16,21-28H2,(H,40,44)(H,41,43). The van der Waals surface area contributed by atoms with E-state index >= 15 is 0 Å². The molecule has 3 N–H and O–H groups in total. The maximum Gasteiger partial charge on any atom is 0.309 e. The topological polar surface area (TPSA) is 114 Å². The van der Waals surface area contributed by atoms with Crippen molar-refractivity contribution < 1.29 is 29.0 Å². The first-order valence-corrected chi connectivity index (χ1v) is 16.7. The fraction of sp³-hybridized carbons (Fsp3) is 0.410. The summed E-state index contributed by atoms with van der Waals surface area (Å²) in [6, 6.07) is 27.0. The summed E-state index contributed by atoms with van der Waals surface area (Å²) in [6.45, 7) is 0.363. The van der Waals surface area contributed by atoms with E-state index in [4.69, 9.17) is 9.47 Å².